The molecule has 2 saturated carbocycles. The van der Waals surface area contributed by atoms with Gasteiger partial charge in [0.2, 0.25) is 0 Å². The molecule has 5 N–H and O–H groups in total. The van der Waals surface area contributed by atoms with Crippen LogP contribution in [-0.4, -0.2) is 62.9 Å². The van der Waals surface area contributed by atoms with Crippen LogP contribution in [0.5, 0.6) is 0 Å². The van der Waals surface area contributed by atoms with E-state index in [1.54, 1.807) is 0 Å². The van der Waals surface area contributed by atoms with E-state index < -0.39 is 0 Å². The van der Waals surface area contributed by atoms with Crippen molar-refractivity contribution < 1.29 is 0 Å². The summed E-state index contributed by atoms with van der Waals surface area (Å²) in [6, 6.07) is 3.15. The van der Waals surface area contributed by atoms with Gasteiger partial charge < -0.3 is 26.6 Å². The van der Waals surface area contributed by atoms with Crippen molar-refractivity contribution >= 4 is 0 Å². The summed E-state index contributed by atoms with van der Waals surface area (Å²) in [5, 5.41) is 19.0. The summed E-state index contributed by atoms with van der Waals surface area (Å²) < 4.78 is 0. The maximum atomic E-state index is 3.84. The lowest BCUT2D eigenvalue weighted by atomic mass is 9.89. The van der Waals surface area contributed by atoms with Crippen LogP contribution in [0.25, 0.3) is 0 Å². The molecule has 3 rings (SSSR count). The molecule has 0 radical (unpaired) electrons. The predicted molar refractivity (Wildman–Crippen MR) is 102 cm³/mol. The van der Waals surface area contributed by atoms with Crippen LogP contribution in [0.15, 0.2) is 0 Å². The van der Waals surface area contributed by atoms with Gasteiger partial charge in [-0.15, -0.1) is 0 Å². The fraction of sp³-hybridized carbons (Fsp3) is 1.00. The van der Waals surface area contributed by atoms with E-state index in [2.05, 4.69) is 33.5 Å². The monoisotopic (exact) mass is 337 g/mol. The number of hydrogen-bond acceptors (Lipinski definition) is 5. The average molecular weight is 338 g/mol. The minimum atomic E-state index is 0.541. The summed E-state index contributed by atoms with van der Waals surface area (Å²) in [5.41, 5.74) is 0. The summed E-state index contributed by atoms with van der Waals surface area (Å²) in [4.78, 5) is 0. The third kappa shape index (κ3) is 5.67. The largest absolute Gasteiger partial charge is 0.312 e. The van der Waals surface area contributed by atoms with Crippen molar-refractivity contribution in [2.24, 2.45) is 0 Å². The van der Waals surface area contributed by atoms with E-state index in [0.29, 0.717) is 30.2 Å². The smallest absolute Gasteiger partial charge is 0.0221 e. The first-order chi connectivity index (χ1) is 11.8. The maximum Gasteiger partial charge on any atom is 0.0221 e. The molecule has 0 bridgehead atoms. The highest BCUT2D eigenvalue weighted by molar-refractivity contribution is 4.89. The topological polar surface area (TPSA) is 60.1 Å². The van der Waals surface area contributed by atoms with Gasteiger partial charge in [0.05, 0.1) is 0 Å². The Morgan fingerprint density at radius 3 is 1.33 bits per heavy atom. The maximum absolute atomic E-state index is 3.84. The molecule has 24 heavy (non-hydrogen) atoms. The van der Waals surface area contributed by atoms with Crippen molar-refractivity contribution in [2.75, 3.05) is 32.7 Å². The number of hydrogen-bond donors (Lipinski definition) is 5. The highest BCUT2D eigenvalue weighted by Crippen LogP contribution is 2.19. The zero-order valence-corrected chi connectivity index (χ0v) is 15.6. The van der Waals surface area contributed by atoms with Crippen molar-refractivity contribution in [3.63, 3.8) is 0 Å². The summed E-state index contributed by atoms with van der Waals surface area (Å²) in [6.07, 6.45) is 10.8. The first-order valence-corrected chi connectivity index (χ1v) is 10.5. The Balaban J connectivity index is 1.55. The molecule has 1 aliphatic heterocycles. The second-order valence-electron chi connectivity index (χ2n) is 8.12. The highest BCUT2D eigenvalue weighted by Gasteiger charge is 2.26. The Kier molecular flexibility index (Phi) is 7.80. The van der Waals surface area contributed by atoms with E-state index in [0.717, 1.165) is 32.7 Å². The van der Waals surface area contributed by atoms with Gasteiger partial charge in [-0.05, 0) is 32.6 Å². The van der Waals surface area contributed by atoms with Gasteiger partial charge in [0.15, 0.2) is 0 Å². The van der Waals surface area contributed by atoms with Gasteiger partial charge in [0.1, 0.15) is 0 Å². The van der Waals surface area contributed by atoms with E-state index in [1.807, 2.05) is 0 Å². The van der Waals surface area contributed by atoms with Crippen molar-refractivity contribution in [1.29, 1.82) is 0 Å². The molecule has 0 aromatic rings. The van der Waals surface area contributed by atoms with Crippen LogP contribution >= 0.6 is 0 Å². The fourth-order valence-electron chi connectivity index (χ4n) is 4.73. The molecule has 3 aliphatic rings. The van der Waals surface area contributed by atoms with Crippen LogP contribution in [0.1, 0.15) is 58.3 Å². The first kappa shape index (κ1) is 18.6. The highest BCUT2D eigenvalue weighted by atomic mass is 15.1. The van der Waals surface area contributed by atoms with Gasteiger partial charge in [0, 0.05) is 62.9 Å². The van der Waals surface area contributed by atoms with Crippen LogP contribution in [-0.2, 0) is 0 Å². The van der Waals surface area contributed by atoms with Gasteiger partial charge >= 0.3 is 0 Å². The molecular formula is C19H39N5. The molecule has 140 valence electrons. The van der Waals surface area contributed by atoms with E-state index >= 15 is 0 Å². The van der Waals surface area contributed by atoms with E-state index in [9.17, 15) is 0 Å². The van der Waals surface area contributed by atoms with Gasteiger partial charge in [-0.2, -0.15) is 0 Å². The van der Waals surface area contributed by atoms with Crippen molar-refractivity contribution in [3.05, 3.63) is 0 Å². The lowest BCUT2D eigenvalue weighted by Crippen LogP contribution is -2.54. The molecule has 5 nitrogen and oxygen atoms in total. The SMILES string of the molecule is C[C@H]1CNC2CCCCC2NCCN[C@@H]2CCCC[C@H]2NCCN1. The molecule has 0 aromatic heterocycles. The molecule has 0 amide bonds. The quantitative estimate of drug-likeness (QED) is 0.456. The fourth-order valence-corrected chi connectivity index (χ4v) is 4.73. The van der Waals surface area contributed by atoms with Gasteiger partial charge in [0.25, 0.3) is 0 Å². The average Bonchev–Trinajstić information content (AvgIpc) is 2.62. The second kappa shape index (κ2) is 10.1. The van der Waals surface area contributed by atoms with E-state index in [1.165, 1.54) is 51.4 Å². The molecule has 1 heterocycles. The predicted octanol–water partition coefficient (Wildman–Crippen LogP) is 0.959. The molecular weight excluding hydrogens is 298 g/mol. The Morgan fingerprint density at radius 2 is 0.875 bits per heavy atom. The molecule has 3 fully saturated rings. The lowest BCUT2D eigenvalue weighted by molar-refractivity contribution is 0.269. The summed E-state index contributed by atoms with van der Waals surface area (Å²) in [7, 11) is 0. The molecule has 1 saturated heterocycles. The molecule has 5 heteroatoms. The zero-order valence-electron chi connectivity index (χ0n) is 15.6. The summed E-state index contributed by atoms with van der Waals surface area (Å²) >= 11 is 0. The van der Waals surface area contributed by atoms with Gasteiger partial charge in [-0.1, -0.05) is 25.7 Å². The van der Waals surface area contributed by atoms with Crippen LogP contribution in [0.2, 0.25) is 0 Å². The van der Waals surface area contributed by atoms with Gasteiger partial charge in [-0.25, -0.2) is 0 Å². The number of nitrogens with one attached hydrogen (secondary N) is 5. The Labute approximate surface area is 148 Å². The minimum Gasteiger partial charge on any atom is -0.312 e. The van der Waals surface area contributed by atoms with Crippen molar-refractivity contribution in [2.45, 2.75) is 88.5 Å². The lowest BCUT2D eigenvalue weighted by Gasteiger charge is -2.35. The van der Waals surface area contributed by atoms with E-state index in [4.69, 9.17) is 0 Å². The Morgan fingerprint density at radius 1 is 0.500 bits per heavy atom. The van der Waals surface area contributed by atoms with Crippen molar-refractivity contribution in [3.8, 4) is 0 Å². The third-order valence-corrected chi connectivity index (χ3v) is 6.18. The first-order valence-electron chi connectivity index (χ1n) is 10.5. The normalized spacial score (nSPS) is 40.6. The zero-order chi connectivity index (χ0) is 16.6. The van der Waals surface area contributed by atoms with Crippen LogP contribution in [0.3, 0.4) is 0 Å². The Bertz CT molecular complexity index is 351. The van der Waals surface area contributed by atoms with Crippen molar-refractivity contribution in [1.82, 2.24) is 26.6 Å². The molecule has 0 spiro atoms. The van der Waals surface area contributed by atoms with E-state index in [-0.39, 0.29) is 0 Å². The molecule has 2 unspecified atom stereocenters. The van der Waals surface area contributed by atoms with Crippen LogP contribution in [0.4, 0.5) is 0 Å². The van der Waals surface area contributed by atoms with Crippen LogP contribution < -0.4 is 26.6 Å². The summed E-state index contributed by atoms with van der Waals surface area (Å²) in [5.74, 6) is 0. The Hall–Kier alpha value is -0.200. The standard InChI is InChI=1S/C19H39N5/c1-15-14-24-19-9-5-4-8-18(19)23-13-12-22-17-7-3-2-6-16(17)21-11-10-20-15/h15-24H,2-14H2,1H3/t15-,16+,17+,18?,19?/m0/s1. The second-order valence-corrected chi connectivity index (χ2v) is 8.12. The van der Waals surface area contributed by atoms with Crippen LogP contribution in [0, 0.1) is 0 Å². The molecule has 0 aromatic carbocycles. The summed E-state index contributed by atoms with van der Waals surface area (Å²) in [6.45, 7) is 7.73. The third-order valence-electron chi connectivity index (χ3n) is 6.18. The number of fused-ring (bicyclic) bond motifs is 2. The minimum absolute atomic E-state index is 0.541. The molecule has 2 aliphatic carbocycles. The number of rotatable bonds is 0. The van der Waals surface area contributed by atoms with Gasteiger partial charge in [-0.3, -0.25) is 0 Å². The molecule has 5 atom stereocenters.